The second kappa shape index (κ2) is 4.61. The van der Waals surface area contributed by atoms with Gasteiger partial charge in [-0.1, -0.05) is 0 Å². The third kappa shape index (κ3) is 2.36. The summed E-state index contributed by atoms with van der Waals surface area (Å²) in [4.78, 5) is 0.266. The van der Waals surface area contributed by atoms with Gasteiger partial charge < -0.3 is 5.73 Å². The van der Waals surface area contributed by atoms with Gasteiger partial charge in [0.2, 0.25) is 0 Å². The van der Waals surface area contributed by atoms with Gasteiger partial charge in [-0.05, 0) is 25.1 Å². The molecule has 1 aromatic rings. The van der Waals surface area contributed by atoms with E-state index >= 15 is 0 Å². The molecule has 0 radical (unpaired) electrons. The Balaban J connectivity index is 2.97. The summed E-state index contributed by atoms with van der Waals surface area (Å²) < 4.78 is 36.9. The quantitative estimate of drug-likeness (QED) is 0.835. The molecule has 14 heavy (non-hydrogen) atoms. The Labute approximate surface area is 83.6 Å². The summed E-state index contributed by atoms with van der Waals surface area (Å²) in [6, 6.07) is 3.21. The molecule has 0 aliphatic heterocycles. The first kappa shape index (κ1) is 11.3. The number of halogens is 2. The summed E-state index contributed by atoms with van der Waals surface area (Å²) in [6.07, 6.45) is 0. The minimum Gasteiger partial charge on any atom is -0.329 e. The van der Waals surface area contributed by atoms with Crippen LogP contribution in [0.5, 0.6) is 0 Å². The molecule has 0 aromatic heterocycles. The maximum absolute atomic E-state index is 12.8. The number of benzene rings is 1. The van der Waals surface area contributed by atoms with Crippen LogP contribution < -0.4 is 5.73 Å². The highest BCUT2D eigenvalue weighted by atomic mass is 32.2. The first-order valence-electron chi connectivity index (χ1n) is 4.12. The Morgan fingerprint density at radius 3 is 2.57 bits per heavy atom. The zero-order valence-corrected chi connectivity index (χ0v) is 8.48. The van der Waals surface area contributed by atoms with E-state index in [2.05, 4.69) is 0 Å². The maximum atomic E-state index is 12.8. The van der Waals surface area contributed by atoms with E-state index in [1.54, 1.807) is 6.92 Å². The summed E-state index contributed by atoms with van der Waals surface area (Å²) in [5, 5.41) is -0.264. The summed E-state index contributed by atoms with van der Waals surface area (Å²) in [6.45, 7) is 1.93. The fourth-order valence-corrected chi connectivity index (χ4v) is 1.98. The first-order chi connectivity index (χ1) is 6.56. The molecule has 0 fully saturated rings. The van der Waals surface area contributed by atoms with E-state index in [9.17, 15) is 13.0 Å². The molecule has 78 valence electrons. The highest BCUT2D eigenvalue weighted by molar-refractivity contribution is 7.85. The SMILES string of the molecule is CC(CN)S(=O)c1ccc(F)c(F)c1. The van der Waals surface area contributed by atoms with Crippen LogP contribution in [0.1, 0.15) is 6.92 Å². The predicted molar refractivity (Wildman–Crippen MR) is 51.3 cm³/mol. The van der Waals surface area contributed by atoms with Gasteiger partial charge in [0.25, 0.3) is 0 Å². The maximum Gasteiger partial charge on any atom is 0.160 e. The standard InChI is InChI=1S/C9H11F2NOS/c1-6(5-12)14(13)7-2-3-8(10)9(11)4-7/h2-4,6H,5,12H2,1H3. The van der Waals surface area contributed by atoms with Gasteiger partial charge in [0.15, 0.2) is 11.6 Å². The van der Waals surface area contributed by atoms with Crippen LogP contribution in [0.25, 0.3) is 0 Å². The molecule has 2 N–H and O–H groups in total. The van der Waals surface area contributed by atoms with Crippen molar-refractivity contribution in [3.05, 3.63) is 29.8 Å². The molecule has 0 bridgehead atoms. The number of hydrogen-bond acceptors (Lipinski definition) is 2. The van der Waals surface area contributed by atoms with Crippen molar-refractivity contribution in [3.8, 4) is 0 Å². The van der Waals surface area contributed by atoms with Gasteiger partial charge in [0.1, 0.15) is 0 Å². The molecule has 1 aromatic carbocycles. The van der Waals surface area contributed by atoms with Crippen molar-refractivity contribution in [1.82, 2.24) is 0 Å². The van der Waals surface area contributed by atoms with Crippen LogP contribution in [0.3, 0.4) is 0 Å². The molecular weight excluding hydrogens is 208 g/mol. The third-order valence-electron chi connectivity index (χ3n) is 1.82. The van der Waals surface area contributed by atoms with Gasteiger partial charge in [-0.25, -0.2) is 8.78 Å². The average molecular weight is 219 g/mol. The Kier molecular flexibility index (Phi) is 3.71. The Bertz CT molecular complexity index is 357. The first-order valence-corrected chi connectivity index (χ1v) is 5.33. The Morgan fingerprint density at radius 2 is 2.07 bits per heavy atom. The average Bonchev–Trinajstić information content (AvgIpc) is 2.20. The largest absolute Gasteiger partial charge is 0.329 e. The van der Waals surface area contributed by atoms with Gasteiger partial charge in [0.05, 0.1) is 10.8 Å². The molecule has 0 spiro atoms. The number of rotatable bonds is 3. The molecule has 2 atom stereocenters. The van der Waals surface area contributed by atoms with Crippen molar-refractivity contribution in [3.63, 3.8) is 0 Å². The van der Waals surface area contributed by atoms with Crippen molar-refractivity contribution in [2.45, 2.75) is 17.1 Å². The molecule has 5 heteroatoms. The van der Waals surface area contributed by atoms with Crippen LogP contribution in [0, 0.1) is 11.6 Å². The summed E-state index contributed by atoms with van der Waals surface area (Å²) in [5.41, 5.74) is 5.32. The van der Waals surface area contributed by atoms with Crippen LogP contribution in [-0.2, 0) is 10.8 Å². The molecular formula is C9H11F2NOS. The fraction of sp³-hybridized carbons (Fsp3) is 0.333. The van der Waals surface area contributed by atoms with Gasteiger partial charge in [-0.15, -0.1) is 0 Å². The topological polar surface area (TPSA) is 43.1 Å². The molecule has 0 saturated heterocycles. The van der Waals surface area contributed by atoms with Gasteiger partial charge in [0, 0.05) is 16.7 Å². The lowest BCUT2D eigenvalue weighted by molar-refractivity contribution is 0.505. The molecule has 1 rings (SSSR count). The molecule has 0 aliphatic carbocycles. The molecule has 0 saturated carbocycles. The van der Waals surface area contributed by atoms with Crippen LogP contribution in [-0.4, -0.2) is 16.0 Å². The second-order valence-electron chi connectivity index (χ2n) is 2.92. The van der Waals surface area contributed by atoms with Gasteiger partial charge >= 0.3 is 0 Å². The smallest absolute Gasteiger partial charge is 0.160 e. The van der Waals surface area contributed by atoms with Gasteiger partial charge in [-0.2, -0.15) is 0 Å². The molecule has 0 amide bonds. The van der Waals surface area contributed by atoms with Crippen LogP contribution in [0.4, 0.5) is 8.78 Å². The molecule has 0 aliphatic rings. The lowest BCUT2D eigenvalue weighted by atomic mass is 10.3. The van der Waals surface area contributed by atoms with Crippen LogP contribution >= 0.6 is 0 Å². The summed E-state index contributed by atoms with van der Waals surface area (Å²) in [7, 11) is -1.38. The second-order valence-corrected chi connectivity index (χ2v) is 4.79. The van der Waals surface area contributed by atoms with Crippen molar-refractivity contribution in [2.75, 3.05) is 6.54 Å². The highest BCUT2D eigenvalue weighted by Gasteiger charge is 2.13. The lowest BCUT2D eigenvalue weighted by Crippen LogP contribution is -2.21. The minimum absolute atomic E-state index is 0.242. The number of nitrogens with two attached hydrogens (primary N) is 1. The predicted octanol–water partition coefficient (Wildman–Crippen LogP) is 1.42. The van der Waals surface area contributed by atoms with E-state index in [1.165, 1.54) is 6.07 Å². The number of hydrogen-bond donors (Lipinski definition) is 1. The van der Waals surface area contributed by atoms with Crippen molar-refractivity contribution < 1.29 is 13.0 Å². The van der Waals surface area contributed by atoms with Crippen molar-refractivity contribution >= 4 is 10.8 Å². The zero-order chi connectivity index (χ0) is 10.7. The highest BCUT2D eigenvalue weighted by Crippen LogP contribution is 2.14. The van der Waals surface area contributed by atoms with Crippen LogP contribution in [0.15, 0.2) is 23.1 Å². The normalized spacial score (nSPS) is 15.1. The van der Waals surface area contributed by atoms with E-state index in [0.29, 0.717) is 0 Å². The van der Waals surface area contributed by atoms with E-state index < -0.39 is 22.4 Å². The Morgan fingerprint density at radius 1 is 1.43 bits per heavy atom. The van der Waals surface area contributed by atoms with E-state index in [0.717, 1.165) is 12.1 Å². The zero-order valence-electron chi connectivity index (χ0n) is 7.67. The monoisotopic (exact) mass is 219 g/mol. The summed E-state index contributed by atoms with van der Waals surface area (Å²) in [5.74, 6) is -1.92. The van der Waals surface area contributed by atoms with E-state index in [1.807, 2.05) is 0 Å². The Hall–Kier alpha value is -0.810. The lowest BCUT2D eigenvalue weighted by Gasteiger charge is -2.08. The molecule has 2 unspecified atom stereocenters. The van der Waals surface area contributed by atoms with E-state index in [-0.39, 0.29) is 16.7 Å². The summed E-state index contributed by atoms with van der Waals surface area (Å²) >= 11 is 0. The minimum atomic E-state index is -1.38. The van der Waals surface area contributed by atoms with Crippen molar-refractivity contribution in [1.29, 1.82) is 0 Å². The van der Waals surface area contributed by atoms with Gasteiger partial charge in [-0.3, -0.25) is 4.21 Å². The van der Waals surface area contributed by atoms with Crippen molar-refractivity contribution in [2.24, 2.45) is 5.73 Å². The third-order valence-corrected chi connectivity index (χ3v) is 3.46. The molecule has 2 nitrogen and oxygen atoms in total. The van der Waals surface area contributed by atoms with E-state index in [4.69, 9.17) is 5.73 Å². The fourth-order valence-electron chi connectivity index (χ4n) is 0.922. The van der Waals surface area contributed by atoms with Crippen LogP contribution in [0.2, 0.25) is 0 Å². The molecule has 0 heterocycles.